The van der Waals surface area contributed by atoms with Crippen molar-refractivity contribution in [2.24, 2.45) is 5.92 Å². The zero-order valence-corrected chi connectivity index (χ0v) is 14.4. The van der Waals surface area contributed by atoms with Crippen LogP contribution in [0.15, 0.2) is 24.3 Å². The van der Waals surface area contributed by atoms with Gasteiger partial charge in [0.1, 0.15) is 0 Å². The van der Waals surface area contributed by atoms with Crippen LogP contribution in [0.2, 0.25) is 0 Å². The number of ether oxygens (including phenoxy) is 2. The maximum atomic E-state index is 12.0. The zero-order chi connectivity index (χ0) is 17.2. The maximum absolute atomic E-state index is 12.0. The summed E-state index contributed by atoms with van der Waals surface area (Å²) in [4.78, 5) is 27.7. The Morgan fingerprint density at radius 1 is 0.840 bits per heavy atom. The number of hydrogen-bond donors (Lipinski definition) is 0. The number of rotatable bonds is 3. The quantitative estimate of drug-likeness (QED) is 0.788. The fourth-order valence-corrected chi connectivity index (χ4v) is 3.93. The second kappa shape index (κ2) is 7.14. The first-order chi connectivity index (χ1) is 12.2. The summed E-state index contributed by atoms with van der Waals surface area (Å²) in [7, 11) is 0. The third-order valence-electron chi connectivity index (χ3n) is 5.33. The van der Waals surface area contributed by atoms with E-state index < -0.39 is 0 Å². The second-order valence-corrected chi connectivity index (χ2v) is 6.93. The highest BCUT2D eigenvalue weighted by Gasteiger charge is 2.31. The normalized spacial score (nSPS) is 23.5. The molecule has 0 spiro atoms. The van der Waals surface area contributed by atoms with Crippen molar-refractivity contribution >= 4 is 23.2 Å². The van der Waals surface area contributed by atoms with Crippen LogP contribution < -0.4 is 9.80 Å². The molecule has 3 fully saturated rings. The molecule has 0 atom stereocenters. The summed E-state index contributed by atoms with van der Waals surface area (Å²) < 4.78 is 11.3. The number of nitrogens with zero attached hydrogens (tertiary/aromatic N) is 2. The van der Waals surface area contributed by atoms with Crippen LogP contribution in [-0.4, -0.2) is 44.4 Å². The third kappa shape index (κ3) is 3.41. The molecule has 6 nitrogen and oxygen atoms in total. The van der Waals surface area contributed by atoms with Gasteiger partial charge in [-0.1, -0.05) is 0 Å². The highest BCUT2D eigenvalue weighted by Crippen LogP contribution is 2.30. The monoisotopic (exact) mass is 344 g/mol. The number of imide groups is 1. The van der Waals surface area contributed by atoms with Gasteiger partial charge in [0, 0.05) is 37.5 Å². The molecule has 0 unspecified atom stereocenters. The molecule has 3 heterocycles. The molecule has 0 N–H and O–H groups in total. The Bertz CT molecular complexity index is 615. The number of hydrogen-bond acceptors (Lipinski definition) is 5. The minimum Gasteiger partial charge on any atom is -0.372 e. The van der Waals surface area contributed by atoms with Gasteiger partial charge in [-0.15, -0.1) is 0 Å². The molecule has 1 aromatic carbocycles. The van der Waals surface area contributed by atoms with Gasteiger partial charge in [0.05, 0.1) is 18.9 Å². The Labute approximate surface area is 147 Å². The van der Waals surface area contributed by atoms with Crippen molar-refractivity contribution in [1.29, 1.82) is 0 Å². The highest BCUT2D eigenvalue weighted by molar-refractivity contribution is 6.16. The summed E-state index contributed by atoms with van der Waals surface area (Å²) in [6.07, 6.45) is 3.64. The van der Waals surface area contributed by atoms with Gasteiger partial charge in [0.25, 0.3) is 0 Å². The van der Waals surface area contributed by atoms with Crippen LogP contribution in [-0.2, 0) is 19.1 Å². The molecule has 6 heteroatoms. The van der Waals surface area contributed by atoms with Crippen LogP contribution in [0.1, 0.15) is 32.1 Å². The lowest BCUT2D eigenvalue weighted by atomic mass is 9.95. The molecule has 0 saturated carbocycles. The topological polar surface area (TPSA) is 59.1 Å². The Morgan fingerprint density at radius 3 is 2.00 bits per heavy atom. The number of carbonyl (C=O) groups excluding carboxylic acids is 2. The third-order valence-corrected chi connectivity index (χ3v) is 5.33. The molecule has 4 rings (SSSR count). The van der Waals surface area contributed by atoms with Gasteiger partial charge in [-0.25, -0.2) is 0 Å². The van der Waals surface area contributed by atoms with E-state index >= 15 is 0 Å². The van der Waals surface area contributed by atoms with Crippen LogP contribution in [0.4, 0.5) is 11.4 Å². The van der Waals surface area contributed by atoms with E-state index in [2.05, 4.69) is 4.90 Å². The summed E-state index contributed by atoms with van der Waals surface area (Å²) in [5.74, 6) is 0.282. The molecule has 3 saturated heterocycles. The minimum absolute atomic E-state index is 0.0272. The lowest BCUT2D eigenvalue weighted by molar-refractivity contribution is -0.129. The van der Waals surface area contributed by atoms with Crippen molar-refractivity contribution in [1.82, 2.24) is 0 Å². The SMILES string of the molecule is O=C1CCCC(=O)N1c1ccc(N2CCC(C3OCCO3)CC2)cc1. The van der Waals surface area contributed by atoms with E-state index in [1.807, 2.05) is 24.3 Å². The number of carbonyl (C=O) groups is 2. The first-order valence-corrected chi connectivity index (χ1v) is 9.16. The van der Waals surface area contributed by atoms with Gasteiger partial charge >= 0.3 is 0 Å². The van der Waals surface area contributed by atoms with Crippen LogP contribution >= 0.6 is 0 Å². The highest BCUT2D eigenvalue weighted by atomic mass is 16.7. The van der Waals surface area contributed by atoms with E-state index in [1.54, 1.807) is 0 Å². The summed E-state index contributed by atoms with van der Waals surface area (Å²) in [5.41, 5.74) is 1.81. The van der Waals surface area contributed by atoms with E-state index in [4.69, 9.17) is 9.47 Å². The molecular weight excluding hydrogens is 320 g/mol. The van der Waals surface area contributed by atoms with Crippen LogP contribution in [0.3, 0.4) is 0 Å². The van der Waals surface area contributed by atoms with Crippen LogP contribution in [0.25, 0.3) is 0 Å². The lowest BCUT2D eigenvalue weighted by Gasteiger charge is -2.35. The summed E-state index contributed by atoms with van der Waals surface area (Å²) in [6, 6.07) is 7.78. The van der Waals surface area contributed by atoms with E-state index in [0.717, 1.165) is 31.6 Å². The summed E-state index contributed by atoms with van der Waals surface area (Å²) in [6.45, 7) is 3.35. The number of benzene rings is 1. The van der Waals surface area contributed by atoms with Crippen molar-refractivity contribution in [3.05, 3.63) is 24.3 Å². The number of anilines is 2. The van der Waals surface area contributed by atoms with Crippen LogP contribution in [0, 0.1) is 5.92 Å². The average molecular weight is 344 g/mol. The predicted molar refractivity (Wildman–Crippen MR) is 93.4 cm³/mol. The lowest BCUT2D eigenvalue weighted by Crippen LogP contribution is -2.40. The summed E-state index contributed by atoms with van der Waals surface area (Å²) >= 11 is 0. The van der Waals surface area contributed by atoms with Crippen molar-refractivity contribution in [3.63, 3.8) is 0 Å². The number of amides is 2. The molecule has 0 aliphatic carbocycles. The molecule has 0 bridgehead atoms. The van der Waals surface area contributed by atoms with E-state index in [0.29, 0.717) is 44.1 Å². The van der Waals surface area contributed by atoms with E-state index in [1.165, 1.54) is 4.90 Å². The van der Waals surface area contributed by atoms with Crippen molar-refractivity contribution < 1.29 is 19.1 Å². The van der Waals surface area contributed by atoms with Gasteiger partial charge < -0.3 is 14.4 Å². The molecule has 3 aliphatic rings. The molecule has 1 aromatic rings. The molecule has 3 aliphatic heterocycles. The smallest absolute Gasteiger partial charge is 0.233 e. The van der Waals surface area contributed by atoms with Crippen molar-refractivity contribution in [2.75, 3.05) is 36.1 Å². The maximum Gasteiger partial charge on any atom is 0.233 e. The van der Waals surface area contributed by atoms with Crippen LogP contribution in [0.5, 0.6) is 0 Å². The van der Waals surface area contributed by atoms with Gasteiger partial charge in [-0.05, 0) is 43.5 Å². The minimum atomic E-state index is -0.0959. The van der Waals surface area contributed by atoms with E-state index in [9.17, 15) is 9.59 Å². The van der Waals surface area contributed by atoms with Crippen molar-refractivity contribution in [2.45, 2.75) is 38.4 Å². The van der Waals surface area contributed by atoms with Gasteiger partial charge in [-0.3, -0.25) is 14.5 Å². The molecule has 134 valence electrons. The zero-order valence-electron chi connectivity index (χ0n) is 14.4. The Balaban J connectivity index is 1.39. The van der Waals surface area contributed by atoms with Crippen molar-refractivity contribution in [3.8, 4) is 0 Å². The summed E-state index contributed by atoms with van der Waals surface area (Å²) in [5, 5.41) is 0. The van der Waals surface area contributed by atoms with Gasteiger partial charge in [0.15, 0.2) is 6.29 Å². The fraction of sp³-hybridized carbons (Fsp3) is 0.579. The van der Waals surface area contributed by atoms with Gasteiger partial charge in [-0.2, -0.15) is 0 Å². The molecule has 2 amide bonds. The molecule has 0 radical (unpaired) electrons. The largest absolute Gasteiger partial charge is 0.372 e. The molecular formula is C19H24N2O4. The second-order valence-electron chi connectivity index (χ2n) is 6.93. The Kier molecular flexibility index (Phi) is 4.72. The average Bonchev–Trinajstić information content (AvgIpc) is 3.17. The molecule has 0 aromatic heterocycles. The molecule has 25 heavy (non-hydrogen) atoms. The standard InChI is InChI=1S/C19H24N2O4/c22-17-2-1-3-18(23)21(17)16-6-4-15(5-7-16)20-10-8-14(9-11-20)19-24-12-13-25-19/h4-7,14,19H,1-3,8-13H2. The fourth-order valence-electron chi connectivity index (χ4n) is 3.93. The number of piperidine rings is 2. The first-order valence-electron chi connectivity index (χ1n) is 9.16. The Morgan fingerprint density at radius 2 is 1.40 bits per heavy atom. The predicted octanol–water partition coefficient (Wildman–Crippen LogP) is 2.32. The van der Waals surface area contributed by atoms with Gasteiger partial charge in [0.2, 0.25) is 11.8 Å². The first kappa shape index (κ1) is 16.5. The Hall–Kier alpha value is -1.92. The van der Waals surface area contributed by atoms with E-state index in [-0.39, 0.29) is 18.1 Å².